The minimum Gasteiger partial charge on any atom is -0.349 e. The Morgan fingerprint density at radius 2 is 1.93 bits per heavy atom. The van der Waals surface area contributed by atoms with E-state index in [1.54, 1.807) is 40.9 Å². The van der Waals surface area contributed by atoms with E-state index in [1.165, 1.54) is 0 Å². The number of nitrogens with zero attached hydrogens (tertiary/aromatic N) is 4. The van der Waals surface area contributed by atoms with Gasteiger partial charge in [-0.15, -0.1) is 10.2 Å². The van der Waals surface area contributed by atoms with Crippen molar-refractivity contribution in [2.45, 2.75) is 25.6 Å². The van der Waals surface area contributed by atoms with Crippen LogP contribution in [0.2, 0.25) is 5.02 Å². The highest BCUT2D eigenvalue weighted by atomic mass is 35.5. The molecular weight excluding hydrogens is 396 g/mol. The minimum atomic E-state index is -0.917. The summed E-state index contributed by atoms with van der Waals surface area (Å²) in [5.41, 5.74) is 1.33. The number of carbonyl (C=O) groups is 3. The molecule has 9 nitrogen and oxygen atoms in total. The third-order valence-electron chi connectivity index (χ3n) is 4.61. The third kappa shape index (κ3) is 3.90. The van der Waals surface area contributed by atoms with E-state index in [4.69, 9.17) is 11.6 Å². The Morgan fingerprint density at radius 1 is 1.14 bits per heavy atom. The fourth-order valence-electron chi connectivity index (χ4n) is 3.11. The van der Waals surface area contributed by atoms with Gasteiger partial charge in [-0.1, -0.05) is 35.9 Å². The fraction of sp³-hybridized carbons (Fsp3) is 0.211. The number of imide groups is 1. The predicted molar refractivity (Wildman–Crippen MR) is 104 cm³/mol. The molecule has 1 aliphatic heterocycles. The van der Waals surface area contributed by atoms with Crippen molar-refractivity contribution in [3.63, 3.8) is 0 Å². The first-order chi connectivity index (χ1) is 14.0. The topological polar surface area (TPSA) is 109 Å². The van der Waals surface area contributed by atoms with Crippen LogP contribution in [-0.2, 0) is 22.7 Å². The number of nitrogens with one attached hydrogen (secondary N) is 2. The molecule has 4 amide bonds. The molecule has 0 saturated carbocycles. The van der Waals surface area contributed by atoms with Crippen molar-refractivity contribution >= 4 is 35.1 Å². The van der Waals surface area contributed by atoms with Crippen LogP contribution in [0.1, 0.15) is 17.8 Å². The van der Waals surface area contributed by atoms with Gasteiger partial charge in [0.05, 0.1) is 19.5 Å². The number of benzene rings is 1. The highest BCUT2D eigenvalue weighted by molar-refractivity contribution is 6.31. The van der Waals surface area contributed by atoms with Crippen molar-refractivity contribution in [1.82, 2.24) is 30.1 Å². The zero-order valence-corrected chi connectivity index (χ0v) is 16.0. The van der Waals surface area contributed by atoms with Gasteiger partial charge in [-0.05, 0) is 23.8 Å². The molecule has 2 N–H and O–H groups in total. The number of rotatable bonds is 6. The quantitative estimate of drug-likeness (QED) is 0.596. The molecule has 0 unspecified atom stereocenters. The molecule has 148 valence electrons. The molecule has 10 heteroatoms. The van der Waals surface area contributed by atoms with Gasteiger partial charge in [-0.3, -0.25) is 18.9 Å². The molecule has 0 radical (unpaired) electrons. The summed E-state index contributed by atoms with van der Waals surface area (Å²) in [7, 11) is 0. The number of carbonyl (C=O) groups excluding carboxylic acids is 3. The molecular formula is C19H17ClN6O3. The monoisotopic (exact) mass is 412 g/mol. The van der Waals surface area contributed by atoms with Gasteiger partial charge in [0.1, 0.15) is 6.04 Å². The third-order valence-corrected chi connectivity index (χ3v) is 4.98. The molecule has 3 aromatic rings. The maximum Gasteiger partial charge on any atom is 0.325 e. The van der Waals surface area contributed by atoms with Crippen LogP contribution in [-0.4, -0.2) is 43.4 Å². The summed E-state index contributed by atoms with van der Waals surface area (Å²) >= 11 is 6.10. The standard InChI is InChI=1S/C19H17ClN6O3/c20-13-6-2-1-5-12(13)11-26-18(28)14(22-19(26)29)9-17(27)21-10-16-24-23-15-7-3-4-8-25(15)16/h1-8,14H,9-11H2,(H,21,27)(H,22,29)/t14-/m1/s1. The fourth-order valence-corrected chi connectivity index (χ4v) is 3.30. The molecule has 1 fully saturated rings. The Morgan fingerprint density at radius 3 is 2.76 bits per heavy atom. The number of urea groups is 1. The Bertz CT molecular complexity index is 1100. The molecule has 1 saturated heterocycles. The van der Waals surface area contributed by atoms with Gasteiger partial charge in [0.15, 0.2) is 11.5 Å². The average molecular weight is 413 g/mol. The zero-order valence-electron chi connectivity index (χ0n) is 15.2. The van der Waals surface area contributed by atoms with Gasteiger partial charge < -0.3 is 10.6 Å². The summed E-state index contributed by atoms with van der Waals surface area (Å²) in [6.45, 7) is 0.205. The first-order valence-corrected chi connectivity index (χ1v) is 9.31. The highest BCUT2D eigenvalue weighted by Crippen LogP contribution is 2.20. The Kier molecular flexibility index (Phi) is 5.13. The minimum absolute atomic E-state index is 0.0498. The molecule has 1 aromatic carbocycles. The van der Waals surface area contributed by atoms with E-state index in [0.29, 0.717) is 22.1 Å². The first-order valence-electron chi connectivity index (χ1n) is 8.93. The van der Waals surface area contributed by atoms with Crippen molar-refractivity contribution in [2.24, 2.45) is 0 Å². The van der Waals surface area contributed by atoms with E-state index in [0.717, 1.165) is 4.90 Å². The predicted octanol–water partition coefficient (Wildman–Crippen LogP) is 1.51. The van der Waals surface area contributed by atoms with Crippen LogP contribution in [0.5, 0.6) is 0 Å². The van der Waals surface area contributed by atoms with Gasteiger partial charge in [-0.25, -0.2) is 4.79 Å². The Balaban J connectivity index is 1.35. The van der Waals surface area contributed by atoms with Gasteiger partial charge in [-0.2, -0.15) is 0 Å². The highest BCUT2D eigenvalue weighted by Gasteiger charge is 2.39. The van der Waals surface area contributed by atoms with Crippen molar-refractivity contribution in [3.8, 4) is 0 Å². The second-order valence-electron chi connectivity index (χ2n) is 6.54. The largest absolute Gasteiger partial charge is 0.349 e. The van der Waals surface area contributed by atoms with Crippen LogP contribution in [0.4, 0.5) is 4.79 Å². The molecule has 4 rings (SSSR count). The lowest BCUT2D eigenvalue weighted by Gasteiger charge is -2.14. The first kappa shape index (κ1) is 18.9. The van der Waals surface area contributed by atoms with Crippen molar-refractivity contribution in [1.29, 1.82) is 0 Å². The number of aromatic nitrogens is 3. The molecule has 0 bridgehead atoms. The maximum atomic E-state index is 12.6. The summed E-state index contributed by atoms with van der Waals surface area (Å²) in [6.07, 6.45) is 1.63. The number of fused-ring (bicyclic) bond motifs is 1. The zero-order chi connectivity index (χ0) is 20.4. The van der Waals surface area contributed by atoms with Gasteiger partial charge >= 0.3 is 6.03 Å². The van der Waals surface area contributed by atoms with E-state index < -0.39 is 18.0 Å². The number of hydrogen-bond donors (Lipinski definition) is 2. The van der Waals surface area contributed by atoms with Crippen molar-refractivity contribution < 1.29 is 14.4 Å². The van der Waals surface area contributed by atoms with Gasteiger partial charge in [0.25, 0.3) is 5.91 Å². The number of halogens is 1. The summed E-state index contributed by atoms with van der Waals surface area (Å²) in [4.78, 5) is 38.1. The van der Waals surface area contributed by atoms with Crippen LogP contribution in [0.3, 0.4) is 0 Å². The van der Waals surface area contributed by atoms with E-state index in [2.05, 4.69) is 20.8 Å². The smallest absolute Gasteiger partial charge is 0.325 e. The lowest BCUT2D eigenvalue weighted by Crippen LogP contribution is -2.36. The molecule has 0 spiro atoms. The summed E-state index contributed by atoms with van der Waals surface area (Å²) in [5, 5.41) is 13.8. The number of amides is 4. The van der Waals surface area contributed by atoms with Crippen LogP contribution in [0.15, 0.2) is 48.7 Å². The van der Waals surface area contributed by atoms with Crippen LogP contribution >= 0.6 is 11.6 Å². The van der Waals surface area contributed by atoms with Crippen LogP contribution < -0.4 is 10.6 Å². The summed E-state index contributed by atoms with van der Waals surface area (Å²) < 4.78 is 1.76. The lowest BCUT2D eigenvalue weighted by molar-refractivity contribution is -0.131. The number of pyridine rings is 1. The van der Waals surface area contributed by atoms with E-state index in [1.807, 2.05) is 12.1 Å². The second kappa shape index (κ2) is 7.88. The summed E-state index contributed by atoms with van der Waals surface area (Å²) in [5.74, 6) is -0.273. The molecule has 29 heavy (non-hydrogen) atoms. The molecule has 1 atom stereocenters. The van der Waals surface area contributed by atoms with E-state index in [-0.39, 0.29) is 25.4 Å². The van der Waals surface area contributed by atoms with E-state index in [9.17, 15) is 14.4 Å². The molecule has 1 aliphatic rings. The number of hydrogen-bond acceptors (Lipinski definition) is 5. The average Bonchev–Trinajstić information content (AvgIpc) is 3.24. The van der Waals surface area contributed by atoms with Gasteiger partial charge in [0.2, 0.25) is 5.91 Å². The lowest BCUT2D eigenvalue weighted by atomic mass is 10.1. The SMILES string of the molecule is O=C(C[C@H]1NC(=O)N(Cc2ccccc2Cl)C1=O)NCc1nnc2ccccn12. The normalized spacial score (nSPS) is 16.3. The maximum absolute atomic E-state index is 12.6. The Hall–Kier alpha value is -3.46. The van der Waals surface area contributed by atoms with Gasteiger partial charge in [0, 0.05) is 11.2 Å². The van der Waals surface area contributed by atoms with Crippen LogP contribution in [0.25, 0.3) is 5.65 Å². The van der Waals surface area contributed by atoms with E-state index >= 15 is 0 Å². The van der Waals surface area contributed by atoms with Crippen molar-refractivity contribution in [3.05, 3.63) is 65.1 Å². The van der Waals surface area contributed by atoms with Crippen molar-refractivity contribution in [2.75, 3.05) is 0 Å². The summed E-state index contributed by atoms with van der Waals surface area (Å²) in [6, 6.07) is 11.0. The second-order valence-corrected chi connectivity index (χ2v) is 6.95. The van der Waals surface area contributed by atoms with Crippen LogP contribution in [0, 0.1) is 0 Å². The molecule has 0 aliphatic carbocycles. The Labute approximate surface area is 170 Å². The molecule has 3 heterocycles. The molecule has 2 aromatic heterocycles.